The van der Waals surface area contributed by atoms with E-state index in [1.54, 1.807) is 0 Å². The molecule has 1 fully saturated rings. The van der Waals surface area contributed by atoms with Crippen molar-refractivity contribution in [3.63, 3.8) is 0 Å². The van der Waals surface area contributed by atoms with Crippen LogP contribution in [0, 0.1) is 0 Å². The Balaban J connectivity index is 2.18. The van der Waals surface area contributed by atoms with Gasteiger partial charge in [-0.05, 0) is 0 Å². The van der Waals surface area contributed by atoms with Crippen LogP contribution in [0.3, 0.4) is 0 Å². The zero-order chi connectivity index (χ0) is 4.41. The molecule has 0 amide bonds. The Labute approximate surface area is 44.4 Å². The van der Waals surface area contributed by atoms with E-state index >= 15 is 0 Å². The van der Waals surface area contributed by atoms with Crippen molar-refractivity contribution in [2.45, 2.75) is 23.1 Å². The molecule has 2 heteroatoms. The summed E-state index contributed by atoms with van der Waals surface area (Å²) >= 11 is 0.979. The molecule has 0 saturated carbocycles. The fourth-order valence-electron chi connectivity index (χ4n) is 0.583. The molecule has 0 aliphatic carbocycles. The second-order valence-electron chi connectivity index (χ2n) is 1.73. The molecule has 0 radical (unpaired) electrons. The summed E-state index contributed by atoms with van der Waals surface area (Å²) in [6.45, 7) is 0. The van der Waals surface area contributed by atoms with Crippen molar-refractivity contribution in [2.75, 3.05) is 0 Å². The molecule has 1 rings (SSSR count). The molecule has 1 saturated heterocycles. The second-order valence-corrected chi connectivity index (χ2v) is 4.14. The van der Waals surface area contributed by atoms with Gasteiger partial charge in [0.2, 0.25) is 0 Å². The van der Waals surface area contributed by atoms with Crippen LogP contribution >= 0.6 is 0 Å². The summed E-state index contributed by atoms with van der Waals surface area (Å²) in [4.78, 5) is 0. The number of quaternary nitrogens is 1. The summed E-state index contributed by atoms with van der Waals surface area (Å²) < 4.78 is 0. The zero-order valence-corrected chi connectivity index (χ0v) is 5.53. The van der Waals surface area contributed by atoms with Crippen LogP contribution < -0.4 is 5.73 Å². The molecule has 0 aromatic carbocycles. The maximum absolute atomic E-state index is 3.95. The van der Waals surface area contributed by atoms with E-state index in [4.69, 9.17) is 0 Å². The predicted octanol–water partition coefficient (Wildman–Crippen LogP) is -0.459. The van der Waals surface area contributed by atoms with Crippen molar-refractivity contribution in [3.05, 3.63) is 0 Å². The van der Waals surface area contributed by atoms with Gasteiger partial charge in [0.1, 0.15) is 0 Å². The quantitative estimate of drug-likeness (QED) is 0.454. The van der Waals surface area contributed by atoms with Crippen LogP contribution in [0.15, 0.2) is 0 Å². The van der Waals surface area contributed by atoms with E-state index in [1.807, 2.05) is 0 Å². The SMILES string of the molecule is [NH3+][C@H]1CC[Se]C1. The third kappa shape index (κ3) is 0.969. The van der Waals surface area contributed by atoms with Crippen LogP contribution in [0.2, 0.25) is 10.6 Å². The number of rotatable bonds is 0. The van der Waals surface area contributed by atoms with Gasteiger partial charge in [-0.15, -0.1) is 0 Å². The molecule has 0 aromatic heterocycles. The van der Waals surface area contributed by atoms with Crippen molar-refractivity contribution in [1.29, 1.82) is 0 Å². The van der Waals surface area contributed by atoms with Crippen molar-refractivity contribution >= 4 is 15.0 Å². The van der Waals surface area contributed by atoms with E-state index in [0.29, 0.717) is 0 Å². The van der Waals surface area contributed by atoms with Gasteiger partial charge in [-0.25, -0.2) is 0 Å². The Morgan fingerprint density at radius 1 is 1.67 bits per heavy atom. The van der Waals surface area contributed by atoms with Gasteiger partial charge < -0.3 is 0 Å². The molecule has 1 heterocycles. The molecule has 0 aromatic rings. The Morgan fingerprint density at radius 2 is 2.50 bits per heavy atom. The van der Waals surface area contributed by atoms with Gasteiger partial charge in [0.25, 0.3) is 0 Å². The maximum atomic E-state index is 3.95. The predicted molar refractivity (Wildman–Crippen MR) is 26.7 cm³/mol. The number of hydrogen-bond donors (Lipinski definition) is 1. The average molecular weight is 151 g/mol. The molecular weight excluding hydrogens is 141 g/mol. The molecule has 3 N–H and O–H groups in total. The summed E-state index contributed by atoms with van der Waals surface area (Å²) in [5.74, 6) is 0. The topological polar surface area (TPSA) is 27.6 Å². The van der Waals surface area contributed by atoms with Gasteiger partial charge in [0, 0.05) is 0 Å². The van der Waals surface area contributed by atoms with E-state index in [0.717, 1.165) is 21.0 Å². The molecular formula is C4H10NSe+. The summed E-state index contributed by atoms with van der Waals surface area (Å²) in [6.07, 6.45) is 1.40. The first-order valence-electron chi connectivity index (χ1n) is 2.30. The monoisotopic (exact) mass is 152 g/mol. The van der Waals surface area contributed by atoms with E-state index in [1.165, 1.54) is 17.1 Å². The zero-order valence-electron chi connectivity index (χ0n) is 3.81. The Bertz CT molecular complexity index is 40.8. The fraction of sp³-hybridized carbons (Fsp3) is 1.00. The molecule has 1 nitrogen and oxygen atoms in total. The van der Waals surface area contributed by atoms with Crippen LogP contribution in [-0.4, -0.2) is 21.0 Å². The van der Waals surface area contributed by atoms with Gasteiger partial charge in [-0.1, -0.05) is 0 Å². The summed E-state index contributed by atoms with van der Waals surface area (Å²) in [5, 5.41) is 2.92. The third-order valence-corrected chi connectivity index (χ3v) is 3.61. The van der Waals surface area contributed by atoms with Crippen LogP contribution in [0.1, 0.15) is 6.42 Å². The van der Waals surface area contributed by atoms with Gasteiger partial charge >= 0.3 is 43.8 Å². The number of hydrogen-bond acceptors (Lipinski definition) is 0. The fourth-order valence-corrected chi connectivity index (χ4v) is 3.03. The Morgan fingerprint density at radius 3 is 2.67 bits per heavy atom. The molecule has 1 aliphatic heterocycles. The molecule has 1 atom stereocenters. The van der Waals surface area contributed by atoms with E-state index in [2.05, 4.69) is 5.73 Å². The van der Waals surface area contributed by atoms with E-state index in [9.17, 15) is 0 Å². The summed E-state index contributed by atoms with van der Waals surface area (Å²) in [7, 11) is 0. The van der Waals surface area contributed by atoms with Crippen molar-refractivity contribution in [3.8, 4) is 0 Å². The first kappa shape index (κ1) is 4.63. The van der Waals surface area contributed by atoms with Crippen molar-refractivity contribution in [1.82, 2.24) is 0 Å². The first-order valence-corrected chi connectivity index (χ1v) is 4.72. The van der Waals surface area contributed by atoms with Crippen molar-refractivity contribution < 1.29 is 5.73 Å². The summed E-state index contributed by atoms with van der Waals surface area (Å²) in [6, 6.07) is 0.824. The minimum atomic E-state index is 0.824. The van der Waals surface area contributed by atoms with Gasteiger partial charge in [0.15, 0.2) is 0 Å². The first-order chi connectivity index (χ1) is 2.89. The van der Waals surface area contributed by atoms with Gasteiger partial charge in [-0.2, -0.15) is 0 Å². The van der Waals surface area contributed by atoms with E-state index < -0.39 is 0 Å². The normalized spacial score (nSPS) is 34.5. The van der Waals surface area contributed by atoms with Crippen LogP contribution in [0.25, 0.3) is 0 Å². The van der Waals surface area contributed by atoms with Crippen molar-refractivity contribution in [2.24, 2.45) is 0 Å². The summed E-state index contributed by atoms with van der Waals surface area (Å²) in [5.41, 5.74) is 3.95. The van der Waals surface area contributed by atoms with E-state index in [-0.39, 0.29) is 0 Å². The third-order valence-electron chi connectivity index (χ3n) is 1.02. The molecule has 36 valence electrons. The molecule has 0 unspecified atom stereocenters. The van der Waals surface area contributed by atoms with Crippen LogP contribution in [0.4, 0.5) is 0 Å². The van der Waals surface area contributed by atoms with Gasteiger partial charge in [-0.3, -0.25) is 0 Å². The molecule has 1 aliphatic rings. The average Bonchev–Trinajstić information content (AvgIpc) is 1.86. The second kappa shape index (κ2) is 1.97. The molecule has 0 bridgehead atoms. The Kier molecular flexibility index (Phi) is 1.52. The molecule has 0 spiro atoms. The van der Waals surface area contributed by atoms with Crippen LogP contribution in [-0.2, 0) is 0 Å². The molecule has 6 heavy (non-hydrogen) atoms. The minimum absolute atomic E-state index is 0.824. The van der Waals surface area contributed by atoms with Crippen LogP contribution in [0.5, 0.6) is 0 Å². The Hall–Kier alpha value is 0.479. The van der Waals surface area contributed by atoms with Gasteiger partial charge in [0.05, 0.1) is 0 Å². The standard InChI is InChI=1S/C4H9NSe/c5-4-1-2-6-3-4/h4H,1-3,5H2/p+1/t4-/m0/s1.